The molecule has 0 bridgehead atoms. The standard InChI is InChI=1S/C17H26N2S/c1-12(2)10-19-16(20-11-17(19,5)6)18-15-8-7-13(3)9-14(15)4/h7-9,12H,10-11H2,1-6H3. The molecule has 1 aromatic carbocycles. The van der Waals surface area contributed by atoms with Crippen molar-refractivity contribution in [3.63, 3.8) is 0 Å². The average molecular weight is 290 g/mol. The van der Waals surface area contributed by atoms with E-state index in [0.717, 1.165) is 18.0 Å². The fourth-order valence-corrected chi connectivity index (χ4v) is 3.75. The third-order valence-electron chi connectivity index (χ3n) is 3.63. The Morgan fingerprint density at radius 1 is 1.30 bits per heavy atom. The maximum Gasteiger partial charge on any atom is 0.164 e. The lowest BCUT2D eigenvalue weighted by atomic mass is 10.0. The summed E-state index contributed by atoms with van der Waals surface area (Å²) in [5.41, 5.74) is 3.86. The van der Waals surface area contributed by atoms with Crippen LogP contribution in [0.1, 0.15) is 38.8 Å². The molecule has 110 valence electrons. The quantitative estimate of drug-likeness (QED) is 0.796. The topological polar surface area (TPSA) is 15.6 Å². The highest BCUT2D eigenvalue weighted by Gasteiger charge is 2.37. The summed E-state index contributed by atoms with van der Waals surface area (Å²) >= 11 is 1.88. The van der Waals surface area contributed by atoms with Crippen molar-refractivity contribution in [1.82, 2.24) is 4.90 Å². The Bertz CT molecular complexity index is 518. The first-order valence-corrected chi connectivity index (χ1v) is 8.34. The molecule has 2 rings (SSSR count). The highest BCUT2D eigenvalue weighted by atomic mass is 32.2. The molecule has 1 heterocycles. The van der Waals surface area contributed by atoms with E-state index in [1.165, 1.54) is 16.3 Å². The summed E-state index contributed by atoms with van der Waals surface area (Å²) in [6, 6.07) is 6.48. The molecule has 0 unspecified atom stereocenters. The summed E-state index contributed by atoms with van der Waals surface area (Å²) in [6.45, 7) is 14.5. The number of aryl methyl sites for hydroxylation is 2. The number of benzene rings is 1. The van der Waals surface area contributed by atoms with Gasteiger partial charge in [0, 0.05) is 17.8 Å². The molecule has 2 nitrogen and oxygen atoms in total. The molecule has 1 saturated heterocycles. The van der Waals surface area contributed by atoms with Crippen LogP contribution in [0, 0.1) is 19.8 Å². The van der Waals surface area contributed by atoms with Gasteiger partial charge in [0.15, 0.2) is 5.17 Å². The van der Waals surface area contributed by atoms with E-state index in [1.807, 2.05) is 11.8 Å². The molecular weight excluding hydrogens is 264 g/mol. The van der Waals surface area contributed by atoms with E-state index >= 15 is 0 Å². The third kappa shape index (κ3) is 3.38. The maximum atomic E-state index is 4.93. The highest BCUT2D eigenvalue weighted by Crippen LogP contribution is 2.35. The monoisotopic (exact) mass is 290 g/mol. The highest BCUT2D eigenvalue weighted by molar-refractivity contribution is 8.14. The Balaban J connectivity index is 2.32. The van der Waals surface area contributed by atoms with Gasteiger partial charge in [0.2, 0.25) is 0 Å². The summed E-state index contributed by atoms with van der Waals surface area (Å²) in [4.78, 5) is 7.41. The van der Waals surface area contributed by atoms with Crippen LogP contribution < -0.4 is 0 Å². The molecule has 0 aliphatic carbocycles. The van der Waals surface area contributed by atoms with Gasteiger partial charge in [-0.3, -0.25) is 0 Å². The minimum absolute atomic E-state index is 0.201. The first-order valence-electron chi connectivity index (χ1n) is 7.36. The van der Waals surface area contributed by atoms with E-state index in [9.17, 15) is 0 Å². The van der Waals surface area contributed by atoms with Crippen LogP contribution >= 0.6 is 11.8 Å². The second-order valence-electron chi connectivity index (χ2n) is 6.79. The fraction of sp³-hybridized carbons (Fsp3) is 0.588. The Labute approximate surface area is 127 Å². The minimum atomic E-state index is 0.201. The van der Waals surface area contributed by atoms with Crippen molar-refractivity contribution >= 4 is 22.6 Å². The molecule has 0 atom stereocenters. The maximum absolute atomic E-state index is 4.93. The SMILES string of the molecule is Cc1ccc(N=C2SCC(C)(C)N2CC(C)C)c(C)c1. The van der Waals surface area contributed by atoms with Gasteiger partial charge in [0.25, 0.3) is 0 Å². The third-order valence-corrected chi connectivity index (χ3v) is 5.05. The van der Waals surface area contributed by atoms with Gasteiger partial charge >= 0.3 is 0 Å². The zero-order chi connectivity index (χ0) is 14.9. The van der Waals surface area contributed by atoms with Crippen LogP contribution in [-0.2, 0) is 0 Å². The zero-order valence-electron chi connectivity index (χ0n) is 13.5. The van der Waals surface area contributed by atoms with Crippen molar-refractivity contribution in [2.45, 2.75) is 47.1 Å². The number of amidine groups is 1. The molecule has 0 aromatic heterocycles. The zero-order valence-corrected chi connectivity index (χ0v) is 14.3. The van der Waals surface area contributed by atoms with Crippen molar-refractivity contribution in [3.05, 3.63) is 29.3 Å². The molecule has 3 heteroatoms. The van der Waals surface area contributed by atoms with E-state index in [-0.39, 0.29) is 5.54 Å². The Morgan fingerprint density at radius 2 is 2.00 bits per heavy atom. The molecule has 1 fully saturated rings. The molecule has 0 amide bonds. The van der Waals surface area contributed by atoms with Crippen molar-refractivity contribution in [2.75, 3.05) is 12.3 Å². The summed E-state index contributed by atoms with van der Waals surface area (Å²) in [6.07, 6.45) is 0. The second-order valence-corrected chi connectivity index (χ2v) is 7.73. The molecule has 1 aliphatic rings. The van der Waals surface area contributed by atoms with Crippen LogP contribution in [0.15, 0.2) is 23.2 Å². The van der Waals surface area contributed by atoms with Crippen molar-refractivity contribution in [3.8, 4) is 0 Å². The van der Waals surface area contributed by atoms with E-state index in [2.05, 4.69) is 64.6 Å². The van der Waals surface area contributed by atoms with Crippen LogP contribution in [-0.4, -0.2) is 27.9 Å². The van der Waals surface area contributed by atoms with Gasteiger partial charge in [-0.1, -0.05) is 43.3 Å². The smallest absolute Gasteiger partial charge is 0.164 e. The predicted octanol–water partition coefficient (Wildman–Crippen LogP) is 4.77. The van der Waals surface area contributed by atoms with Crippen molar-refractivity contribution < 1.29 is 0 Å². The summed E-state index contributed by atoms with van der Waals surface area (Å²) in [5.74, 6) is 1.76. The number of hydrogen-bond acceptors (Lipinski definition) is 2. The number of nitrogens with zero attached hydrogens (tertiary/aromatic N) is 2. The lowest BCUT2D eigenvalue weighted by Gasteiger charge is -2.33. The average Bonchev–Trinajstić information content (AvgIpc) is 2.59. The molecule has 1 aromatic rings. The molecule has 0 radical (unpaired) electrons. The van der Waals surface area contributed by atoms with Crippen LogP contribution in [0.2, 0.25) is 0 Å². The fourth-order valence-electron chi connectivity index (χ4n) is 2.47. The Hall–Kier alpha value is -0.960. The van der Waals surface area contributed by atoms with E-state index in [4.69, 9.17) is 4.99 Å². The number of thioether (sulfide) groups is 1. The minimum Gasteiger partial charge on any atom is -0.345 e. The lowest BCUT2D eigenvalue weighted by Crippen LogP contribution is -2.44. The number of rotatable bonds is 3. The predicted molar refractivity (Wildman–Crippen MR) is 91.1 cm³/mol. The lowest BCUT2D eigenvalue weighted by molar-refractivity contribution is 0.233. The molecule has 0 saturated carbocycles. The van der Waals surface area contributed by atoms with Gasteiger partial charge in [0.05, 0.1) is 5.69 Å². The van der Waals surface area contributed by atoms with Crippen molar-refractivity contribution in [2.24, 2.45) is 10.9 Å². The second kappa shape index (κ2) is 5.80. The summed E-state index contributed by atoms with van der Waals surface area (Å²) < 4.78 is 0. The van der Waals surface area contributed by atoms with E-state index < -0.39 is 0 Å². The van der Waals surface area contributed by atoms with Gasteiger partial charge in [-0.05, 0) is 45.2 Å². The molecule has 0 spiro atoms. The van der Waals surface area contributed by atoms with Crippen LogP contribution in [0.4, 0.5) is 5.69 Å². The molecule has 0 N–H and O–H groups in total. The summed E-state index contributed by atoms with van der Waals surface area (Å²) in [5, 5.41) is 1.18. The van der Waals surface area contributed by atoms with E-state index in [0.29, 0.717) is 5.92 Å². The van der Waals surface area contributed by atoms with Crippen LogP contribution in [0.5, 0.6) is 0 Å². The molecule has 1 aliphatic heterocycles. The van der Waals surface area contributed by atoms with Crippen molar-refractivity contribution in [1.29, 1.82) is 0 Å². The van der Waals surface area contributed by atoms with Crippen LogP contribution in [0.25, 0.3) is 0 Å². The van der Waals surface area contributed by atoms with E-state index in [1.54, 1.807) is 0 Å². The van der Waals surface area contributed by atoms with Gasteiger partial charge < -0.3 is 4.90 Å². The van der Waals surface area contributed by atoms with Crippen LogP contribution in [0.3, 0.4) is 0 Å². The van der Waals surface area contributed by atoms with Gasteiger partial charge in [-0.2, -0.15) is 0 Å². The Kier molecular flexibility index (Phi) is 4.48. The summed E-state index contributed by atoms with van der Waals surface area (Å²) in [7, 11) is 0. The first-order chi connectivity index (χ1) is 9.29. The molecule has 20 heavy (non-hydrogen) atoms. The normalized spacial score (nSPS) is 20.1. The van der Waals surface area contributed by atoms with Gasteiger partial charge in [-0.25, -0.2) is 4.99 Å². The van der Waals surface area contributed by atoms with Gasteiger partial charge in [0.1, 0.15) is 0 Å². The number of hydrogen-bond donors (Lipinski definition) is 0. The van der Waals surface area contributed by atoms with Gasteiger partial charge in [-0.15, -0.1) is 0 Å². The first kappa shape index (κ1) is 15.4. The Morgan fingerprint density at radius 3 is 2.60 bits per heavy atom. The molecular formula is C17H26N2S. The number of aliphatic imine (C=N–C) groups is 1. The largest absolute Gasteiger partial charge is 0.345 e.